The van der Waals surface area contributed by atoms with Gasteiger partial charge in [0.05, 0.1) is 6.10 Å². The summed E-state index contributed by atoms with van der Waals surface area (Å²) < 4.78 is 0. The van der Waals surface area contributed by atoms with Gasteiger partial charge in [0.15, 0.2) is 0 Å². The number of aliphatic hydroxyl groups is 1. The number of nitrogens with one attached hydrogen (secondary N) is 1. The van der Waals surface area contributed by atoms with Gasteiger partial charge < -0.3 is 10.4 Å². The van der Waals surface area contributed by atoms with E-state index in [0.29, 0.717) is 16.9 Å². The van der Waals surface area contributed by atoms with Crippen molar-refractivity contribution in [1.29, 1.82) is 0 Å². The van der Waals surface area contributed by atoms with Gasteiger partial charge in [-0.2, -0.15) is 0 Å². The molecule has 0 amide bonds. The van der Waals surface area contributed by atoms with Crippen molar-refractivity contribution in [2.75, 3.05) is 6.54 Å². The number of aliphatic hydroxyl groups excluding tert-OH is 1. The van der Waals surface area contributed by atoms with E-state index in [-0.39, 0.29) is 6.10 Å². The SMILES string of the molecule is CC1(C)C(NCC2CC(O)C2)[C@]2(C)CC[C@H]1C2. The Kier molecular flexibility index (Phi) is 2.61. The maximum atomic E-state index is 9.34. The van der Waals surface area contributed by atoms with Gasteiger partial charge in [0.2, 0.25) is 0 Å². The topological polar surface area (TPSA) is 32.3 Å². The molecule has 0 aromatic rings. The van der Waals surface area contributed by atoms with Gasteiger partial charge in [-0.1, -0.05) is 20.8 Å². The zero-order valence-electron chi connectivity index (χ0n) is 11.5. The molecule has 0 aromatic carbocycles. The summed E-state index contributed by atoms with van der Waals surface area (Å²) in [6.07, 6.45) is 6.28. The summed E-state index contributed by atoms with van der Waals surface area (Å²) in [4.78, 5) is 0. The second-order valence-electron chi connectivity index (χ2n) is 7.75. The quantitative estimate of drug-likeness (QED) is 0.790. The molecule has 2 N–H and O–H groups in total. The Labute approximate surface area is 105 Å². The molecule has 0 saturated heterocycles. The first kappa shape index (κ1) is 12.0. The number of hydrogen-bond donors (Lipinski definition) is 2. The van der Waals surface area contributed by atoms with Crippen LogP contribution in [0.15, 0.2) is 0 Å². The van der Waals surface area contributed by atoms with E-state index in [0.717, 1.165) is 31.2 Å². The fourth-order valence-corrected chi connectivity index (χ4v) is 4.96. The van der Waals surface area contributed by atoms with E-state index in [1.165, 1.54) is 19.3 Å². The van der Waals surface area contributed by atoms with Crippen molar-refractivity contribution in [2.24, 2.45) is 22.7 Å². The summed E-state index contributed by atoms with van der Waals surface area (Å²) in [7, 11) is 0. The molecule has 3 saturated carbocycles. The van der Waals surface area contributed by atoms with E-state index < -0.39 is 0 Å². The number of hydrogen-bond acceptors (Lipinski definition) is 2. The van der Waals surface area contributed by atoms with E-state index in [1.807, 2.05) is 0 Å². The largest absolute Gasteiger partial charge is 0.393 e. The third kappa shape index (κ3) is 1.76. The van der Waals surface area contributed by atoms with Gasteiger partial charge in [-0.3, -0.25) is 0 Å². The third-order valence-corrected chi connectivity index (χ3v) is 6.09. The minimum atomic E-state index is -0.00886. The Balaban J connectivity index is 1.62. The summed E-state index contributed by atoms with van der Waals surface area (Å²) in [5.74, 6) is 1.65. The van der Waals surface area contributed by atoms with Gasteiger partial charge in [-0.05, 0) is 61.3 Å². The highest BCUT2D eigenvalue weighted by Crippen LogP contribution is 2.62. The maximum absolute atomic E-state index is 9.34. The summed E-state index contributed by atoms with van der Waals surface area (Å²) in [5.41, 5.74) is 1.01. The normalized spacial score (nSPS) is 51.5. The summed E-state index contributed by atoms with van der Waals surface area (Å²) in [6, 6.07) is 0.687. The molecule has 2 heteroatoms. The average Bonchev–Trinajstić information content (AvgIpc) is 2.65. The predicted octanol–water partition coefficient (Wildman–Crippen LogP) is 2.56. The lowest BCUT2D eigenvalue weighted by molar-refractivity contribution is 0.0320. The smallest absolute Gasteiger partial charge is 0.0546 e. The minimum Gasteiger partial charge on any atom is -0.393 e. The molecule has 2 nitrogen and oxygen atoms in total. The van der Waals surface area contributed by atoms with Crippen LogP contribution >= 0.6 is 0 Å². The molecule has 3 aliphatic carbocycles. The van der Waals surface area contributed by atoms with E-state index in [4.69, 9.17) is 0 Å². The van der Waals surface area contributed by atoms with Gasteiger partial charge in [0.1, 0.15) is 0 Å². The van der Waals surface area contributed by atoms with Crippen molar-refractivity contribution in [2.45, 2.75) is 65.0 Å². The molecule has 3 atom stereocenters. The van der Waals surface area contributed by atoms with Crippen molar-refractivity contribution < 1.29 is 5.11 Å². The first-order valence-corrected chi connectivity index (χ1v) is 7.33. The Morgan fingerprint density at radius 2 is 1.94 bits per heavy atom. The molecule has 98 valence electrons. The lowest BCUT2D eigenvalue weighted by Gasteiger charge is -2.45. The van der Waals surface area contributed by atoms with E-state index >= 15 is 0 Å². The third-order valence-electron chi connectivity index (χ3n) is 6.09. The lowest BCUT2D eigenvalue weighted by atomic mass is 9.68. The standard InChI is InChI=1S/C15H27NO/c1-14(2)11-4-5-15(3,8-11)13(14)16-9-10-6-12(17)7-10/h10-13,16-17H,4-9H2,1-3H3/t10?,11-,12?,13?,15+/m0/s1. The molecule has 17 heavy (non-hydrogen) atoms. The van der Waals surface area contributed by atoms with Crippen LogP contribution in [0, 0.1) is 22.7 Å². The van der Waals surface area contributed by atoms with Gasteiger partial charge in [0.25, 0.3) is 0 Å². The van der Waals surface area contributed by atoms with Crippen molar-refractivity contribution in [3.63, 3.8) is 0 Å². The Morgan fingerprint density at radius 1 is 1.24 bits per heavy atom. The molecule has 0 heterocycles. The summed E-state index contributed by atoms with van der Waals surface area (Å²) in [6.45, 7) is 8.51. The van der Waals surface area contributed by atoms with Crippen LogP contribution < -0.4 is 5.32 Å². The fourth-order valence-electron chi connectivity index (χ4n) is 4.96. The van der Waals surface area contributed by atoms with Crippen LogP contribution in [0.4, 0.5) is 0 Å². The fraction of sp³-hybridized carbons (Fsp3) is 1.00. The van der Waals surface area contributed by atoms with Crippen molar-refractivity contribution in [3.8, 4) is 0 Å². The molecule has 3 fully saturated rings. The first-order valence-electron chi connectivity index (χ1n) is 7.33. The molecule has 0 aromatic heterocycles. The van der Waals surface area contributed by atoms with E-state index in [1.54, 1.807) is 0 Å². The molecule has 0 radical (unpaired) electrons. The van der Waals surface area contributed by atoms with E-state index in [9.17, 15) is 5.11 Å². The molecule has 0 aliphatic heterocycles. The van der Waals surface area contributed by atoms with Crippen LogP contribution in [0.3, 0.4) is 0 Å². The average molecular weight is 237 g/mol. The number of fused-ring (bicyclic) bond motifs is 2. The van der Waals surface area contributed by atoms with Crippen LogP contribution in [0.1, 0.15) is 52.9 Å². The van der Waals surface area contributed by atoms with Crippen LogP contribution in [0.5, 0.6) is 0 Å². The number of rotatable bonds is 3. The lowest BCUT2D eigenvalue weighted by Crippen LogP contribution is -2.52. The van der Waals surface area contributed by atoms with Crippen molar-refractivity contribution in [1.82, 2.24) is 5.32 Å². The molecule has 3 rings (SSSR count). The molecule has 1 unspecified atom stereocenters. The first-order chi connectivity index (χ1) is 7.92. The monoisotopic (exact) mass is 237 g/mol. The Morgan fingerprint density at radius 3 is 2.47 bits per heavy atom. The van der Waals surface area contributed by atoms with Crippen molar-refractivity contribution in [3.05, 3.63) is 0 Å². The van der Waals surface area contributed by atoms with Gasteiger partial charge in [-0.15, -0.1) is 0 Å². The van der Waals surface area contributed by atoms with Gasteiger partial charge in [0, 0.05) is 6.04 Å². The zero-order chi connectivity index (χ0) is 12.3. The molecule has 0 spiro atoms. The maximum Gasteiger partial charge on any atom is 0.0546 e. The molecular weight excluding hydrogens is 210 g/mol. The van der Waals surface area contributed by atoms with Crippen molar-refractivity contribution >= 4 is 0 Å². The summed E-state index contributed by atoms with van der Waals surface area (Å²) in [5, 5.41) is 13.2. The van der Waals surface area contributed by atoms with Gasteiger partial charge >= 0.3 is 0 Å². The molecular formula is C15H27NO. The predicted molar refractivity (Wildman–Crippen MR) is 69.8 cm³/mol. The molecule has 2 bridgehead atoms. The van der Waals surface area contributed by atoms with Gasteiger partial charge in [-0.25, -0.2) is 0 Å². The second kappa shape index (κ2) is 3.71. The summed E-state index contributed by atoms with van der Waals surface area (Å²) >= 11 is 0. The zero-order valence-corrected chi connectivity index (χ0v) is 11.5. The van der Waals surface area contributed by atoms with Crippen LogP contribution in [0.25, 0.3) is 0 Å². The van der Waals surface area contributed by atoms with Crippen LogP contribution in [-0.2, 0) is 0 Å². The Hall–Kier alpha value is -0.0800. The molecule has 3 aliphatic rings. The van der Waals surface area contributed by atoms with Crippen LogP contribution in [-0.4, -0.2) is 23.8 Å². The Bertz CT molecular complexity index is 303. The van der Waals surface area contributed by atoms with Crippen LogP contribution in [0.2, 0.25) is 0 Å². The highest BCUT2D eigenvalue weighted by atomic mass is 16.3. The minimum absolute atomic E-state index is 0.00886. The van der Waals surface area contributed by atoms with E-state index in [2.05, 4.69) is 26.1 Å². The highest BCUT2D eigenvalue weighted by Gasteiger charge is 2.59. The highest BCUT2D eigenvalue weighted by molar-refractivity contribution is 5.12. The second-order valence-corrected chi connectivity index (χ2v) is 7.75.